The Hall–Kier alpha value is -3.07. The van der Waals surface area contributed by atoms with Crippen LogP contribution in [0.2, 0.25) is 0 Å². The number of hydrogen-bond acceptors (Lipinski definition) is 9. The first kappa shape index (κ1) is 18.3. The Bertz CT molecular complexity index is 965. The molecule has 1 aliphatic heterocycles. The molecule has 0 amide bonds. The monoisotopic (exact) mass is 402 g/mol. The molecule has 0 aliphatic carbocycles. The summed E-state index contributed by atoms with van der Waals surface area (Å²) in [7, 11) is 4.67. The molecule has 0 bridgehead atoms. The molecule has 2 heterocycles. The number of hydrogen-bond donors (Lipinski definition) is 0. The van der Waals surface area contributed by atoms with Crippen LogP contribution in [0.25, 0.3) is 11.5 Å². The fraction of sp³-hybridized carbons (Fsp3) is 0.263. The van der Waals surface area contributed by atoms with Gasteiger partial charge in [-0.1, -0.05) is 17.8 Å². The summed E-state index contributed by atoms with van der Waals surface area (Å²) in [4.78, 5) is 0. The van der Waals surface area contributed by atoms with Crippen LogP contribution in [0.15, 0.2) is 40.0 Å². The second-order valence-electron chi connectivity index (χ2n) is 5.76. The van der Waals surface area contributed by atoms with E-state index in [1.54, 1.807) is 33.5 Å². The number of aromatic nitrogens is 2. The highest BCUT2D eigenvalue weighted by Gasteiger charge is 2.18. The molecule has 4 rings (SSSR count). The van der Waals surface area contributed by atoms with Crippen LogP contribution in [0.4, 0.5) is 0 Å². The molecule has 0 atom stereocenters. The van der Waals surface area contributed by atoms with Crippen molar-refractivity contribution in [2.75, 3.05) is 28.1 Å². The van der Waals surface area contributed by atoms with Crippen molar-refractivity contribution in [1.29, 1.82) is 0 Å². The van der Waals surface area contributed by atoms with E-state index in [1.807, 2.05) is 18.2 Å². The van der Waals surface area contributed by atoms with Crippen LogP contribution in [-0.4, -0.2) is 38.3 Å². The second-order valence-corrected chi connectivity index (χ2v) is 6.69. The zero-order valence-corrected chi connectivity index (χ0v) is 16.4. The second kappa shape index (κ2) is 7.89. The first-order chi connectivity index (χ1) is 13.7. The van der Waals surface area contributed by atoms with Gasteiger partial charge < -0.3 is 28.1 Å². The summed E-state index contributed by atoms with van der Waals surface area (Å²) < 4.78 is 32.6. The minimum atomic E-state index is 0.258. The van der Waals surface area contributed by atoms with Gasteiger partial charge in [0.1, 0.15) is 0 Å². The molecule has 0 saturated carbocycles. The number of nitrogens with zero attached hydrogens (tertiary/aromatic N) is 2. The maximum atomic E-state index is 5.79. The molecule has 3 aromatic rings. The molecule has 8 nitrogen and oxygen atoms in total. The minimum absolute atomic E-state index is 0.258. The van der Waals surface area contributed by atoms with E-state index in [4.69, 9.17) is 28.1 Å². The first-order valence-electron chi connectivity index (χ1n) is 8.37. The molecule has 2 aromatic carbocycles. The molecule has 0 spiro atoms. The van der Waals surface area contributed by atoms with Gasteiger partial charge in [-0.05, 0) is 29.8 Å². The summed E-state index contributed by atoms with van der Waals surface area (Å²) >= 11 is 1.44. The van der Waals surface area contributed by atoms with Crippen LogP contribution in [0.3, 0.4) is 0 Å². The average molecular weight is 402 g/mol. The summed E-state index contributed by atoms with van der Waals surface area (Å²) in [6.45, 7) is 0.258. The Morgan fingerprint density at radius 2 is 1.68 bits per heavy atom. The maximum absolute atomic E-state index is 5.79. The Morgan fingerprint density at radius 3 is 2.39 bits per heavy atom. The van der Waals surface area contributed by atoms with E-state index in [1.165, 1.54) is 11.8 Å². The molecule has 146 valence electrons. The van der Waals surface area contributed by atoms with Gasteiger partial charge >= 0.3 is 0 Å². The molecule has 0 saturated heterocycles. The molecule has 0 fully saturated rings. The third-order valence-electron chi connectivity index (χ3n) is 4.12. The summed E-state index contributed by atoms with van der Waals surface area (Å²) in [6.07, 6.45) is 0. The summed E-state index contributed by atoms with van der Waals surface area (Å²) in [6, 6.07) is 9.36. The van der Waals surface area contributed by atoms with Gasteiger partial charge in [-0.15, -0.1) is 10.2 Å². The molecule has 1 aromatic heterocycles. The van der Waals surface area contributed by atoms with Crippen molar-refractivity contribution in [2.45, 2.75) is 11.0 Å². The minimum Gasteiger partial charge on any atom is -0.493 e. The van der Waals surface area contributed by atoms with Crippen molar-refractivity contribution in [2.24, 2.45) is 0 Å². The van der Waals surface area contributed by atoms with E-state index in [0.717, 1.165) is 17.1 Å². The number of thioether (sulfide) groups is 1. The van der Waals surface area contributed by atoms with Gasteiger partial charge in [-0.25, -0.2) is 0 Å². The summed E-state index contributed by atoms with van der Waals surface area (Å²) in [5, 5.41) is 8.70. The van der Waals surface area contributed by atoms with Gasteiger partial charge in [0.05, 0.1) is 21.3 Å². The molecule has 28 heavy (non-hydrogen) atoms. The van der Waals surface area contributed by atoms with Crippen molar-refractivity contribution in [3.8, 4) is 40.2 Å². The van der Waals surface area contributed by atoms with Crippen molar-refractivity contribution >= 4 is 11.8 Å². The van der Waals surface area contributed by atoms with E-state index in [9.17, 15) is 0 Å². The Labute approximate surface area is 165 Å². The predicted molar refractivity (Wildman–Crippen MR) is 102 cm³/mol. The van der Waals surface area contributed by atoms with Crippen LogP contribution < -0.4 is 23.7 Å². The Balaban J connectivity index is 1.51. The number of benzene rings is 2. The first-order valence-corrected chi connectivity index (χ1v) is 9.35. The lowest BCUT2D eigenvalue weighted by Crippen LogP contribution is -1.95. The highest BCUT2D eigenvalue weighted by Crippen LogP contribution is 2.41. The number of ether oxygens (including phenoxy) is 5. The summed E-state index contributed by atoms with van der Waals surface area (Å²) in [5.74, 6) is 4.08. The van der Waals surface area contributed by atoms with Gasteiger partial charge in [-0.2, -0.15) is 0 Å². The van der Waals surface area contributed by atoms with E-state index in [-0.39, 0.29) is 6.79 Å². The zero-order valence-electron chi connectivity index (χ0n) is 15.6. The van der Waals surface area contributed by atoms with Crippen LogP contribution in [0.1, 0.15) is 5.56 Å². The average Bonchev–Trinajstić information content (AvgIpc) is 3.40. The SMILES string of the molecule is COc1cc(-c2nnc(SCc3ccc4c(c3)OCO4)o2)cc(OC)c1OC. The van der Waals surface area contributed by atoms with Gasteiger partial charge in [0.25, 0.3) is 5.22 Å². The molecule has 1 aliphatic rings. The van der Waals surface area contributed by atoms with Crippen LogP contribution in [0.5, 0.6) is 28.7 Å². The molecule has 0 N–H and O–H groups in total. The predicted octanol–water partition coefficient (Wildman–Crippen LogP) is 3.78. The number of fused-ring (bicyclic) bond motifs is 1. The topological polar surface area (TPSA) is 85.1 Å². The fourth-order valence-corrected chi connectivity index (χ4v) is 3.47. The molecular weight excluding hydrogens is 384 g/mol. The van der Waals surface area contributed by atoms with Gasteiger partial charge in [0.2, 0.25) is 18.4 Å². The lowest BCUT2D eigenvalue weighted by atomic mass is 10.2. The van der Waals surface area contributed by atoms with Crippen LogP contribution in [-0.2, 0) is 5.75 Å². The van der Waals surface area contributed by atoms with E-state index >= 15 is 0 Å². The number of methoxy groups -OCH3 is 3. The van der Waals surface area contributed by atoms with Crippen molar-refractivity contribution in [1.82, 2.24) is 10.2 Å². The maximum Gasteiger partial charge on any atom is 0.277 e. The lowest BCUT2D eigenvalue weighted by Gasteiger charge is -2.12. The van der Waals surface area contributed by atoms with Gasteiger partial charge in [0.15, 0.2) is 23.0 Å². The van der Waals surface area contributed by atoms with Crippen molar-refractivity contribution in [3.63, 3.8) is 0 Å². The quantitative estimate of drug-likeness (QED) is 0.548. The molecule has 0 radical (unpaired) electrons. The largest absolute Gasteiger partial charge is 0.493 e. The fourth-order valence-electron chi connectivity index (χ4n) is 2.77. The normalized spacial score (nSPS) is 12.1. The van der Waals surface area contributed by atoms with Gasteiger partial charge in [0, 0.05) is 11.3 Å². The Kier molecular flexibility index (Phi) is 5.16. The molecule has 0 unspecified atom stereocenters. The van der Waals surface area contributed by atoms with Crippen molar-refractivity contribution < 1.29 is 28.1 Å². The van der Waals surface area contributed by atoms with E-state index < -0.39 is 0 Å². The standard InChI is InChI=1S/C19H18N2O6S/c1-22-15-7-12(8-16(23-2)17(15)24-3)18-20-21-19(27-18)28-9-11-4-5-13-14(6-11)26-10-25-13/h4-8H,9-10H2,1-3H3. The number of rotatable bonds is 7. The van der Waals surface area contributed by atoms with E-state index in [2.05, 4.69) is 10.2 Å². The third kappa shape index (κ3) is 3.53. The summed E-state index contributed by atoms with van der Waals surface area (Å²) in [5.41, 5.74) is 1.75. The lowest BCUT2D eigenvalue weighted by molar-refractivity contribution is 0.174. The van der Waals surface area contributed by atoms with Crippen LogP contribution in [0, 0.1) is 0 Å². The zero-order chi connectivity index (χ0) is 19.5. The highest BCUT2D eigenvalue weighted by atomic mass is 32.2. The van der Waals surface area contributed by atoms with Crippen molar-refractivity contribution in [3.05, 3.63) is 35.9 Å². The third-order valence-corrected chi connectivity index (χ3v) is 5.01. The molecular formula is C19H18N2O6S. The smallest absolute Gasteiger partial charge is 0.277 e. The van der Waals surface area contributed by atoms with Crippen LogP contribution >= 0.6 is 11.8 Å². The molecule has 9 heteroatoms. The Morgan fingerprint density at radius 1 is 0.929 bits per heavy atom. The van der Waals surface area contributed by atoms with E-state index in [0.29, 0.717) is 39.7 Å². The van der Waals surface area contributed by atoms with Gasteiger partial charge in [-0.3, -0.25) is 0 Å². The highest BCUT2D eigenvalue weighted by molar-refractivity contribution is 7.98.